The number of amides is 1. The summed E-state index contributed by atoms with van der Waals surface area (Å²) in [5, 5.41) is 23.9. The Morgan fingerprint density at radius 3 is 2.52 bits per heavy atom. The first-order valence-electron chi connectivity index (χ1n) is 14.2. The third-order valence-electron chi connectivity index (χ3n) is 7.51. The summed E-state index contributed by atoms with van der Waals surface area (Å²) >= 11 is 0. The van der Waals surface area contributed by atoms with Gasteiger partial charge in [0.2, 0.25) is 10.0 Å². The van der Waals surface area contributed by atoms with Crippen molar-refractivity contribution >= 4 is 16.1 Å². The predicted octanol–water partition coefficient (Wildman–Crippen LogP) is 2.27. The Morgan fingerprint density at radius 2 is 1.79 bits per heavy atom. The number of carbonyl (C=O) groups excluding carboxylic acids is 1. The molecule has 1 amide bonds. The Bertz CT molecular complexity index is 1340. The summed E-state index contributed by atoms with van der Waals surface area (Å²) in [5.41, 5.74) is 0.718. The van der Waals surface area contributed by atoms with E-state index < -0.39 is 40.7 Å². The van der Waals surface area contributed by atoms with Crippen LogP contribution < -0.4 is 14.8 Å². The van der Waals surface area contributed by atoms with Gasteiger partial charge in [0.15, 0.2) is 17.8 Å². The van der Waals surface area contributed by atoms with Gasteiger partial charge >= 0.3 is 6.09 Å². The number of hydrogen-bond acceptors (Lipinski definition) is 10. The molecule has 0 radical (unpaired) electrons. The van der Waals surface area contributed by atoms with Crippen LogP contribution >= 0.6 is 0 Å². The van der Waals surface area contributed by atoms with Gasteiger partial charge in [-0.2, -0.15) is 4.31 Å². The molecule has 0 saturated carbocycles. The smallest absolute Gasteiger partial charge is 0.407 e. The summed E-state index contributed by atoms with van der Waals surface area (Å²) in [5.74, 6) is 0.769. The number of carbonyl (C=O) groups is 1. The van der Waals surface area contributed by atoms with Crippen LogP contribution in [0.3, 0.4) is 0 Å². The topological polar surface area (TPSA) is 153 Å². The largest absolute Gasteiger partial charge is 0.508 e. The second kappa shape index (κ2) is 13.0. The molecule has 12 nitrogen and oxygen atoms in total. The van der Waals surface area contributed by atoms with Gasteiger partial charge in [0.1, 0.15) is 25.1 Å². The first-order chi connectivity index (χ1) is 20.1. The fourth-order valence-corrected chi connectivity index (χ4v) is 7.02. The van der Waals surface area contributed by atoms with Gasteiger partial charge in [-0.05, 0) is 48.6 Å². The molecule has 2 saturated heterocycles. The predicted molar refractivity (Wildman–Crippen MR) is 150 cm³/mol. The number of hydrogen-bond donors (Lipinski definition) is 3. The molecule has 3 heterocycles. The van der Waals surface area contributed by atoms with Crippen LogP contribution in [0, 0.1) is 11.8 Å². The van der Waals surface area contributed by atoms with E-state index in [-0.39, 0.29) is 48.6 Å². The summed E-state index contributed by atoms with van der Waals surface area (Å²) in [7, 11) is -4.06. The summed E-state index contributed by atoms with van der Waals surface area (Å²) in [6.07, 6.45) is -2.06. The molecule has 2 aromatic rings. The summed E-state index contributed by atoms with van der Waals surface area (Å²) < 4.78 is 56.7. The number of phenolic OH excluding ortho intramolecular Hbond substituents is 1. The number of alkyl carbamates (subject to hydrolysis) is 1. The van der Waals surface area contributed by atoms with E-state index in [1.54, 1.807) is 18.2 Å². The van der Waals surface area contributed by atoms with Crippen molar-refractivity contribution in [1.82, 2.24) is 9.62 Å². The van der Waals surface area contributed by atoms with Gasteiger partial charge in [0.25, 0.3) is 0 Å². The normalized spacial score (nSPS) is 23.0. The molecule has 230 valence electrons. The van der Waals surface area contributed by atoms with E-state index in [1.165, 1.54) is 28.6 Å². The minimum Gasteiger partial charge on any atom is -0.508 e. The number of aliphatic hydroxyl groups is 1. The van der Waals surface area contributed by atoms with Crippen molar-refractivity contribution in [2.75, 3.05) is 39.5 Å². The Balaban J connectivity index is 1.34. The van der Waals surface area contributed by atoms with Crippen LogP contribution in [0.4, 0.5) is 4.79 Å². The van der Waals surface area contributed by atoms with Crippen molar-refractivity contribution in [3.8, 4) is 17.2 Å². The number of rotatable bonds is 11. The minimum absolute atomic E-state index is 0.0108. The van der Waals surface area contributed by atoms with Crippen molar-refractivity contribution in [2.24, 2.45) is 11.8 Å². The molecule has 5 rings (SSSR count). The second-order valence-electron chi connectivity index (χ2n) is 11.2. The SMILES string of the molecule is CC(C)CN(C[C@@H](O)[C@H](Cc1ccc(O)cc1)NC(=O)O[C@@H]1CO[C@H]2OCC[C@H]21)S(=O)(=O)c1ccc2c(c1)OCCO2. The molecular weight excluding hydrogens is 568 g/mol. The van der Waals surface area contributed by atoms with Crippen LogP contribution in [0.15, 0.2) is 47.4 Å². The van der Waals surface area contributed by atoms with Crippen LogP contribution in [-0.4, -0.2) is 93.1 Å². The van der Waals surface area contributed by atoms with E-state index in [1.807, 2.05) is 13.8 Å². The highest BCUT2D eigenvalue weighted by Crippen LogP contribution is 2.34. The Labute approximate surface area is 245 Å². The fraction of sp³-hybridized carbons (Fsp3) is 0.552. The van der Waals surface area contributed by atoms with Crippen LogP contribution in [0.1, 0.15) is 25.8 Å². The van der Waals surface area contributed by atoms with Crippen molar-refractivity contribution in [1.29, 1.82) is 0 Å². The molecule has 0 spiro atoms. The van der Waals surface area contributed by atoms with Gasteiger partial charge in [-0.15, -0.1) is 0 Å². The van der Waals surface area contributed by atoms with Crippen molar-refractivity contribution in [3.05, 3.63) is 48.0 Å². The highest BCUT2D eigenvalue weighted by Gasteiger charge is 2.44. The molecule has 0 unspecified atom stereocenters. The van der Waals surface area contributed by atoms with Gasteiger partial charge in [0.05, 0.1) is 36.2 Å². The van der Waals surface area contributed by atoms with Crippen LogP contribution in [0.2, 0.25) is 0 Å². The van der Waals surface area contributed by atoms with Gasteiger partial charge in [-0.25, -0.2) is 13.2 Å². The molecular formula is C29H38N2O10S. The van der Waals surface area contributed by atoms with E-state index in [4.69, 9.17) is 23.7 Å². The lowest BCUT2D eigenvalue weighted by molar-refractivity contribution is -0.0907. The lowest BCUT2D eigenvalue weighted by Crippen LogP contribution is -2.51. The first-order valence-corrected chi connectivity index (χ1v) is 15.6. The standard InChI is InChI=1S/C29H38N2O10S/c1-18(2)15-31(42(35,36)21-7-8-25-26(14-21)38-12-11-37-25)16-24(33)23(13-19-3-5-20(32)6-4-19)30-29(34)41-27-17-40-28-22(27)9-10-39-28/h3-8,14,18,22-24,27-28,32-33H,9-13,15-17H2,1-2H3,(H,30,34)/t22-,23-,24+,27+,28+/m0/s1. The van der Waals surface area contributed by atoms with E-state index in [0.29, 0.717) is 37.7 Å². The van der Waals surface area contributed by atoms with Crippen molar-refractivity contribution in [2.45, 2.75) is 56.1 Å². The zero-order valence-electron chi connectivity index (χ0n) is 23.7. The summed E-state index contributed by atoms with van der Waals surface area (Å²) in [4.78, 5) is 13.0. The number of ether oxygens (including phenoxy) is 5. The van der Waals surface area contributed by atoms with Crippen molar-refractivity contribution < 1.29 is 47.1 Å². The maximum Gasteiger partial charge on any atom is 0.407 e. The average molecular weight is 607 g/mol. The number of sulfonamides is 1. The number of aliphatic hydroxyl groups excluding tert-OH is 1. The molecule has 0 bridgehead atoms. The highest BCUT2D eigenvalue weighted by molar-refractivity contribution is 7.89. The second-order valence-corrected chi connectivity index (χ2v) is 13.1. The zero-order valence-corrected chi connectivity index (χ0v) is 24.5. The van der Waals surface area contributed by atoms with Gasteiger partial charge < -0.3 is 39.2 Å². The van der Waals surface area contributed by atoms with Crippen LogP contribution in [0.25, 0.3) is 0 Å². The number of phenols is 1. The minimum atomic E-state index is -4.06. The molecule has 13 heteroatoms. The third-order valence-corrected chi connectivity index (χ3v) is 9.34. The maximum atomic E-state index is 13.8. The molecule has 0 aliphatic carbocycles. The molecule has 3 N–H and O–H groups in total. The third kappa shape index (κ3) is 7.09. The number of nitrogens with one attached hydrogen (secondary N) is 1. The van der Waals surface area contributed by atoms with Gasteiger partial charge in [0, 0.05) is 19.2 Å². The number of nitrogens with zero attached hydrogens (tertiary/aromatic N) is 1. The van der Waals surface area contributed by atoms with E-state index in [2.05, 4.69) is 5.32 Å². The quantitative estimate of drug-likeness (QED) is 0.347. The number of benzene rings is 2. The van der Waals surface area contributed by atoms with Crippen LogP contribution in [0.5, 0.6) is 17.2 Å². The maximum absolute atomic E-state index is 13.8. The highest BCUT2D eigenvalue weighted by atomic mass is 32.2. The first kappa shape index (κ1) is 30.4. The zero-order chi connectivity index (χ0) is 29.9. The van der Waals surface area contributed by atoms with Crippen molar-refractivity contribution in [3.63, 3.8) is 0 Å². The molecule has 5 atom stereocenters. The fourth-order valence-electron chi connectivity index (χ4n) is 5.39. The lowest BCUT2D eigenvalue weighted by Gasteiger charge is -2.31. The number of fused-ring (bicyclic) bond motifs is 2. The molecule has 42 heavy (non-hydrogen) atoms. The van der Waals surface area contributed by atoms with E-state index in [0.717, 1.165) is 5.56 Å². The summed E-state index contributed by atoms with van der Waals surface area (Å²) in [6.45, 7) is 5.04. The van der Waals surface area contributed by atoms with Gasteiger partial charge in [-0.3, -0.25) is 0 Å². The Morgan fingerprint density at radius 1 is 1.05 bits per heavy atom. The molecule has 3 aliphatic heterocycles. The Kier molecular flexibility index (Phi) is 9.43. The molecule has 2 aromatic carbocycles. The molecule has 0 aromatic heterocycles. The van der Waals surface area contributed by atoms with E-state index >= 15 is 0 Å². The Hall–Kier alpha value is -3.10. The molecule has 3 aliphatic rings. The summed E-state index contributed by atoms with van der Waals surface area (Å²) in [6, 6.07) is 9.88. The lowest BCUT2D eigenvalue weighted by atomic mass is 10.0. The van der Waals surface area contributed by atoms with Gasteiger partial charge in [-0.1, -0.05) is 26.0 Å². The molecule has 2 fully saturated rings. The van der Waals surface area contributed by atoms with Crippen LogP contribution in [-0.2, 0) is 30.7 Å². The number of aromatic hydroxyl groups is 1. The monoisotopic (exact) mass is 606 g/mol. The average Bonchev–Trinajstić information content (AvgIpc) is 3.58. The van der Waals surface area contributed by atoms with E-state index in [9.17, 15) is 23.4 Å².